The maximum absolute atomic E-state index is 12.7. The minimum Gasteiger partial charge on any atom is -0.423 e. The van der Waals surface area contributed by atoms with Gasteiger partial charge in [0.2, 0.25) is 0 Å². The van der Waals surface area contributed by atoms with Crippen LogP contribution in [-0.4, -0.2) is 14.4 Å². The summed E-state index contributed by atoms with van der Waals surface area (Å²) in [5.74, 6) is -0.338. The second kappa shape index (κ2) is 8.65. The maximum atomic E-state index is 12.7. The molecule has 8 heteroatoms. The van der Waals surface area contributed by atoms with Crippen molar-refractivity contribution in [2.24, 2.45) is 0 Å². The fourth-order valence-electron chi connectivity index (χ4n) is 1.89. The van der Waals surface area contributed by atoms with Crippen LogP contribution in [0.4, 0.5) is 0 Å². The second-order valence-electron chi connectivity index (χ2n) is 5.25. The lowest BCUT2D eigenvalue weighted by Crippen LogP contribution is -2.10. The highest BCUT2D eigenvalue weighted by molar-refractivity contribution is 14.1. The van der Waals surface area contributed by atoms with Crippen LogP contribution >= 0.6 is 67.8 Å². The number of rotatable bonds is 5. The quantitative estimate of drug-likeness (QED) is 0.193. The summed E-state index contributed by atoms with van der Waals surface area (Å²) in [7, 11) is -3.50. The molecule has 2 aromatic rings. The Morgan fingerprint density at radius 1 is 1.08 bits per heavy atom. The van der Waals surface area contributed by atoms with Crippen molar-refractivity contribution in [2.75, 3.05) is 0 Å². The van der Waals surface area contributed by atoms with Gasteiger partial charge in [-0.1, -0.05) is 6.58 Å². The van der Waals surface area contributed by atoms with Crippen molar-refractivity contribution >= 4 is 83.6 Å². The summed E-state index contributed by atoms with van der Waals surface area (Å²) in [6, 6.07) is 9.74. The van der Waals surface area contributed by atoms with Gasteiger partial charge in [0.05, 0.1) is 10.6 Å². The van der Waals surface area contributed by atoms with Gasteiger partial charge in [0.15, 0.2) is 9.84 Å². The predicted octanol–water partition coefficient (Wildman–Crippen LogP) is 4.96. The van der Waals surface area contributed by atoms with Crippen LogP contribution < -0.4 is 4.74 Å². The molecule has 25 heavy (non-hydrogen) atoms. The zero-order valence-corrected chi connectivity index (χ0v) is 20.3. The number of sulfone groups is 1. The first-order valence-corrected chi connectivity index (χ1v) is 11.8. The predicted molar refractivity (Wildman–Crippen MR) is 122 cm³/mol. The fourth-order valence-corrected chi connectivity index (χ4v) is 7.78. The van der Waals surface area contributed by atoms with Crippen LogP contribution in [0.25, 0.3) is 0 Å². The second-order valence-corrected chi connectivity index (χ2v) is 10.8. The van der Waals surface area contributed by atoms with Crippen molar-refractivity contribution in [3.63, 3.8) is 0 Å². The molecule has 0 amide bonds. The van der Waals surface area contributed by atoms with Crippen molar-refractivity contribution in [3.8, 4) is 5.75 Å². The van der Waals surface area contributed by atoms with E-state index in [1.165, 1.54) is 24.3 Å². The van der Waals surface area contributed by atoms with E-state index in [1.807, 2.05) is 12.1 Å². The third kappa shape index (κ3) is 5.63. The van der Waals surface area contributed by atoms with Gasteiger partial charge < -0.3 is 4.74 Å². The third-order valence-corrected chi connectivity index (χ3v) is 7.39. The van der Waals surface area contributed by atoms with E-state index in [-0.39, 0.29) is 22.0 Å². The molecule has 0 N–H and O–H groups in total. The number of esters is 1. The molecule has 0 aliphatic heterocycles. The van der Waals surface area contributed by atoms with Crippen molar-refractivity contribution < 1.29 is 17.9 Å². The highest BCUT2D eigenvalue weighted by atomic mass is 127. The van der Waals surface area contributed by atoms with Crippen molar-refractivity contribution in [3.05, 3.63) is 64.8 Å². The molecule has 0 saturated heterocycles. The van der Waals surface area contributed by atoms with E-state index in [0.717, 1.165) is 16.3 Å². The number of ether oxygens (including phenoxy) is 1. The lowest BCUT2D eigenvalue weighted by atomic mass is 10.2. The molecule has 0 spiro atoms. The van der Waals surface area contributed by atoms with E-state index in [1.54, 1.807) is 6.92 Å². The van der Waals surface area contributed by atoms with Gasteiger partial charge in [0, 0.05) is 16.3 Å². The summed E-state index contributed by atoms with van der Waals surface area (Å²) >= 11 is 6.52. The van der Waals surface area contributed by atoms with Gasteiger partial charge in [0.1, 0.15) is 5.75 Å². The molecular formula is C17H13I3O4S. The topological polar surface area (TPSA) is 60.4 Å². The summed E-state index contributed by atoms with van der Waals surface area (Å²) in [5, 5.41) is 0. The first-order valence-electron chi connectivity index (χ1n) is 6.94. The van der Waals surface area contributed by atoms with Gasteiger partial charge in [-0.25, -0.2) is 13.2 Å². The Bertz CT molecular complexity index is 912. The van der Waals surface area contributed by atoms with Crippen molar-refractivity contribution in [1.29, 1.82) is 0 Å². The molecule has 0 aliphatic rings. The van der Waals surface area contributed by atoms with E-state index in [4.69, 9.17) is 4.74 Å². The van der Waals surface area contributed by atoms with Crippen LogP contribution in [0.1, 0.15) is 12.5 Å². The molecule has 0 aliphatic carbocycles. The van der Waals surface area contributed by atoms with Gasteiger partial charge in [-0.2, -0.15) is 0 Å². The monoisotopic (exact) mass is 694 g/mol. The molecule has 0 atom stereocenters. The molecule has 0 fully saturated rings. The largest absolute Gasteiger partial charge is 0.423 e. The summed E-state index contributed by atoms with van der Waals surface area (Å²) in [4.78, 5) is 11.7. The van der Waals surface area contributed by atoms with E-state index >= 15 is 0 Å². The number of hydrogen-bond acceptors (Lipinski definition) is 4. The number of benzene rings is 2. The van der Waals surface area contributed by atoms with E-state index in [0.29, 0.717) is 0 Å². The standard InChI is InChI=1S/C17H13I3O4S/c1-10(2)17(21)24-12-3-5-13(6-4-12)25(22,23)9-14-15(19)7-11(18)8-16(14)20/h3-8H,1,9H2,2H3. The molecular weight excluding hydrogens is 681 g/mol. The average molecular weight is 694 g/mol. The van der Waals surface area contributed by atoms with Gasteiger partial charge in [-0.15, -0.1) is 0 Å². The fraction of sp³-hybridized carbons (Fsp3) is 0.118. The Hall–Kier alpha value is -0.210. The molecule has 2 aromatic carbocycles. The Labute approximate surface area is 187 Å². The highest BCUT2D eigenvalue weighted by Crippen LogP contribution is 2.27. The van der Waals surface area contributed by atoms with Gasteiger partial charge in [-0.3, -0.25) is 0 Å². The number of hydrogen-bond donors (Lipinski definition) is 0. The number of carbonyl (C=O) groups excluding carboxylic acids is 1. The Kier molecular flexibility index (Phi) is 7.30. The molecule has 0 bridgehead atoms. The van der Waals surface area contributed by atoms with Gasteiger partial charge in [-0.05, 0) is 117 Å². The number of carbonyl (C=O) groups is 1. The van der Waals surface area contributed by atoms with Crippen LogP contribution in [0.5, 0.6) is 5.75 Å². The average Bonchev–Trinajstić information content (AvgIpc) is 2.51. The summed E-state index contributed by atoms with van der Waals surface area (Å²) in [6.07, 6.45) is 0. The zero-order valence-electron chi connectivity index (χ0n) is 13.1. The van der Waals surface area contributed by atoms with Crippen LogP contribution in [0, 0.1) is 10.7 Å². The van der Waals surface area contributed by atoms with Crippen LogP contribution in [0.3, 0.4) is 0 Å². The highest BCUT2D eigenvalue weighted by Gasteiger charge is 2.19. The lowest BCUT2D eigenvalue weighted by molar-refractivity contribution is -0.130. The molecule has 4 nitrogen and oxygen atoms in total. The molecule has 0 radical (unpaired) electrons. The molecule has 0 heterocycles. The van der Waals surface area contributed by atoms with Crippen molar-refractivity contribution in [1.82, 2.24) is 0 Å². The van der Waals surface area contributed by atoms with Crippen LogP contribution in [-0.2, 0) is 20.4 Å². The molecule has 0 unspecified atom stereocenters. The Morgan fingerprint density at radius 2 is 1.60 bits per heavy atom. The summed E-state index contributed by atoms with van der Waals surface area (Å²) in [5.41, 5.74) is 1.07. The minimum atomic E-state index is -3.50. The van der Waals surface area contributed by atoms with E-state index < -0.39 is 15.8 Å². The SMILES string of the molecule is C=C(C)C(=O)Oc1ccc(S(=O)(=O)Cc2c(I)cc(I)cc2I)cc1. The minimum absolute atomic E-state index is 0.0780. The van der Waals surface area contributed by atoms with Gasteiger partial charge in [0.25, 0.3) is 0 Å². The van der Waals surface area contributed by atoms with E-state index in [2.05, 4.69) is 74.4 Å². The molecule has 0 saturated carbocycles. The first-order chi connectivity index (χ1) is 11.6. The summed E-state index contributed by atoms with van der Waals surface area (Å²) in [6.45, 7) is 5.05. The number of halogens is 3. The normalized spacial score (nSPS) is 11.2. The van der Waals surface area contributed by atoms with Crippen LogP contribution in [0.15, 0.2) is 53.4 Å². The molecule has 2 rings (SSSR count). The van der Waals surface area contributed by atoms with Crippen molar-refractivity contribution in [2.45, 2.75) is 17.6 Å². The zero-order chi connectivity index (χ0) is 18.8. The summed E-state index contributed by atoms with van der Waals surface area (Å²) < 4.78 is 33.4. The Morgan fingerprint density at radius 3 is 2.08 bits per heavy atom. The lowest BCUT2D eigenvalue weighted by Gasteiger charge is -2.10. The molecule has 0 aromatic heterocycles. The smallest absolute Gasteiger partial charge is 0.338 e. The maximum Gasteiger partial charge on any atom is 0.338 e. The molecule has 132 valence electrons. The van der Waals surface area contributed by atoms with E-state index in [9.17, 15) is 13.2 Å². The first kappa shape index (κ1) is 21.1. The van der Waals surface area contributed by atoms with Gasteiger partial charge >= 0.3 is 5.97 Å². The third-order valence-electron chi connectivity index (χ3n) is 3.18. The Balaban J connectivity index is 2.26. The van der Waals surface area contributed by atoms with Crippen LogP contribution in [0.2, 0.25) is 0 Å².